The van der Waals surface area contributed by atoms with E-state index in [0.717, 1.165) is 32.1 Å². The van der Waals surface area contributed by atoms with E-state index >= 15 is 0 Å². The Hall–Kier alpha value is -2.44. The van der Waals surface area contributed by atoms with E-state index in [-0.39, 0.29) is 18.2 Å². The summed E-state index contributed by atoms with van der Waals surface area (Å²) in [4.78, 5) is 36.6. The minimum Gasteiger partial charge on any atom is -0.467 e. The van der Waals surface area contributed by atoms with Crippen molar-refractivity contribution in [2.24, 2.45) is 5.92 Å². The first kappa shape index (κ1) is 20.9. The van der Waals surface area contributed by atoms with Crippen LogP contribution in [0.25, 0.3) is 0 Å². The molecule has 2 atom stereocenters. The van der Waals surface area contributed by atoms with Gasteiger partial charge < -0.3 is 15.4 Å². The minimum absolute atomic E-state index is 0.0160. The number of ether oxygens (including phenoxy) is 1. The summed E-state index contributed by atoms with van der Waals surface area (Å²) in [6.45, 7) is 1.31. The summed E-state index contributed by atoms with van der Waals surface area (Å²) in [6, 6.07) is 4.22. The van der Waals surface area contributed by atoms with Crippen molar-refractivity contribution in [3.63, 3.8) is 0 Å². The maximum Gasteiger partial charge on any atom is 0.328 e. The maximum atomic E-state index is 13.4. The molecule has 27 heavy (non-hydrogen) atoms. The van der Waals surface area contributed by atoms with Crippen molar-refractivity contribution in [1.82, 2.24) is 10.6 Å². The van der Waals surface area contributed by atoms with Crippen molar-refractivity contribution in [3.05, 3.63) is 35.6 Å². The number of esters is 1. The fourth-order valence-corrected chi connectivity index (χ4v) is 3.57. The Morgan fingerprint density at radius 1 is 1.19 bits per heavy atom. The predicted octanol–water partition coefficient (Wildman–Crippen LogP) is 2.11. The van der Waals surface area contributed by atoms with Crippen molar-refractivity contribution < 1.29 is 23.5 Å². The van der Waals surface area contributed by atoms with Gasteiger partial charge in [0.2, 0.25) is 11.8 Å². The molecule has 2 N–H and O–H groups in total. The number of carbonyl (C=O) groups is 3. The molecule has 6 nitrogen and oxygen atoms in total. The zero-order valence-electron chi connectivity index (χ0n) is 15.8. The fourth-order valence-electron chi connectivity index (χ4n) is 3.57. The van der Waals surface area contributed by atoms with Crippen molar-refractivity contribution in [1.29, 1.82) is 0 Å². The highest BCUT2D eigenvalue weighted by atomic mass is 19.1. The second kappa shape index (κ2) is 10.0. The van der Waals surface area contributed by atoms with E-state index in [0.29, 0.717) is 5.56 Å². The van der Waals surface area contributed by atoms with Crippen molar-refractivity contribution in [2.75, 3.05) is 7.11 Å². The molecule has 7 heteroatoms. The Morgan fingerprint density at radius 2 is 1.89 bits per heavy atom. The molecule has 2 rings (SSSR count). The number of halogens is 1. The summed E-state index contributed by atoms with van der Waals surface area (Å²) in [6.07, 6.45) is 4.94. The van der Waals surface area contributed by atoms with Crippen LogP contribution in [0.3, 0.4) is 0 Å². The second-order valence-electron chi connectivity index (χ2n) is 6.99. The van der Waals surface area contributed by atoms with Gasteiger partial charge in [0.05, 0.1) is 7.11 Å². The number of methoxy groups -OCH3 is 1. The largest absolute Gasteiger partial charge is 0.467 e. The van der Waals surface area contributed by atoms with E-state index in [1.165, 1.54) is 26.2 Å². The summed E-state index contributed by atoms with van der Waals surface area (Å²) in [7, 11) is 1.29. The normalized spacial score (nSPS) is 16.9. The molecule has 1 aromatic carbocycles. The van der Waals surface area contributed by atoms with Gasteiger partial charge in [-0.25, -0.2) is 9.18 Å². The molecule has 0 aliphatic heterocycles. The molecular formula is C20H27FN2O4. The number of carbonyl (C=O) groups excluding carboxylic acids is 3. The lowest BCUT2D eigenvalue weighted by Gasteiger charge is -2.30. The first-order valence-corrected chi connectivity index (χ1v) is 9.30. The predicted molar refractivity (Wildman–Crippen MR) is 98.2 cm³/mol. The number of hydrogen-bond donors (Lipinski definition) is 2. The lowest BCUT2D eigenvalue weighted by Crippen LogP contribution is -2.54. The van der Waals surface area contributed by atoms with Crippen LogP contribution in [0, 0.1) is 11.7 Å². The molecule has 0 radical (unpaired) electrons. The third-order valence-corrected chi connectivity index (χ3v) is 4.90. The topological polar surface area (TPSA) is 84.5 Å². The van der Waals surface area contributed by atoms with Gasteiger partial charge in [0.1, 0.15) is 17.9 Å². The van der Waals surface area contributed by atoms with Gasteiger partial charge >= 0.3 is 5.97 Å². The summed E-state index contributed by atoms with van der Waals surface area (Å²) in [5, 5.41) is 5.34. The Kier molecular flexibility index (Phi) is 7.76. The molecule has 0 spiro atoms. The van der Waals surface area contributed by atoms with Gasteiger partial charge in [0, 0.05) is 13.3 Å². The quantitative estimate of drug-likeness (QED) is 0.712. The molecule has 0 saturated heterocycles. The molecule has 1 aliphatic rings. The van der Waals surface area contributed by atoms with Gasteiger partial charge in [-0.2, -0.15) is 0 Å². The molecule has 1 saturated carbocycles. The Bertz CT molecular complexity index is 674. The molecule has 0 unspecified atom stereocenters. The lowest BCUT2D eigenvalue weighted by atomic mass is 9.83. The van der Waals surface area contributed by atoms with E-state index in [1.807, 2.05) is 0 Å². The fraction of sp³-hybridized carbons (Fsp3) is 0.550. The monoisotopic (exact) mass is 378 g/mol. The smallest absolute Gasteiger partial charge is 0.328 e. The first-order valence-electron chi connectivity index (χ1n) is 9.30. The molecule has 148 valence electrons. The highest BCUT2D eigenvalue weighted by Crippen LogP contribution is 2.27. The number of benzene rings is 1. The van der Waals surface area contributed by atoms with Gasteiger partial charge in [0.25, 0.3) is 0 Å². The lowest BCUT2D eigenvalue weighted by molar-refractivity contribution is -0.147. The third-order valence-electron chi connectivity index (χ3n) is 4.90. The second-order valence-corrected chi connectivity index (χ2v) is 6.99. The number of amides is 2. The molecule has 1 aliphatic carbocycles. The summed E-state index contributed by atoms with van der Waals surface area (Å²) in [5.74, 6) is -1.73. The summed E-state index contributed by atoms with van der Waals surface area (Å²) in [5.41, 5.74) is 0.580. The minimum atomic E-state index is -0.903. The summed E-state index contributed by atoms with van der Waals surface area (Å²) >= 11 is 0. The van der Waals surface area contributed by atoms with E-state index in [2.05, 4.69) is 10.6 Å². The van der Waals surface area contributed by atoms with E-state index in [9.17, 15) is 18.8 Å². The zero-order chi connectivity index (χ0) is 19.8. The number of nitrogens with one attached hydrogen (secondary N) is 2. The average molecular weight is 378 g/mol. The highest BCUT2D eigenvalue weighted by Gasteiger charge is 2.33. The molecular weight excluding hydrogens is 351 g/mol. The van der Waals surface area contributed by atoms with Crippen LogP contribution in [0.5, 0.6) is 0 Å². The molecule has 0 bridgehead atoms. The van der Waals surface area contributed by atoms with E-state index in [1.54, 1.807) is 12.1 Å². The van der Waals surface area contributed by atoms with Gasteiger partial charge in [-0.1, -0.05) is 31.4 Å². The average Bonchev–Trinajstić information content (AvgIpc) is 2.65. The Balaban J connectivity index is 2.13. The number of hydrogen-bond acceptors (Lipinski definition) is 4. The highest BCUT2D eigenvalue weighted by molar-refractivity contribution is 5.90. The molecule has 0 heterocycles. The van der Waals surface area contributed by atoms with Crippen LogP contribution in [0.2, 0.25) is 0 Å². The van der Waals surface area contributed by atoms with Crippen LogP contribution in [0.1, 0.15) is 44.6 Å². The van der Waals surface area contributed by atoms with Gasteiger partial charge in [-0.3, -0.25) is 9.59 Å². The molecule has 1 aromatic rings. The van der Waals surface area contributed by atoms with Crippen LogP contribution in [0.15, 0.2) is 24.3 Å². The van der Waals surface area contributed by atoms with Crippen LogP contribution in [-0.2, 0) is 25.5 Å². The van der Waals surface area contributed by atoms with E-state index < -0.39 is 29.8 Å². The standard InChI is InChI=1S/C20H27FN2O4/c1-13(24)22-17(12-14-7-6-10-16(21)11-14)19(25)23-18(20(26)27-2)15-8-4-3-5-9-15/h6-7,10-11,15,17-18H,3-5,8-9,12H2,1-2H3,(H,22,24)(H,23,25)/t17-,18-/m1/s1. The first-order chi connectivity index (χ1) is 12.9. The third kappa shape index (κ3) is 6.34. The van der Waals surface area contributed by atoms with Crippen LogP contribution in [-0.4, -0.2) is 37.0 Å². The SMILES string of the molecule is COC(=O)[C@H](NC(=O)[C@@H](Cc1cccc(F)c1)NC(C)=O)C1CCCCC1. The van der Waals surface area contributed by atoms with Crippen LogP contribution >= 0.6 is 0 Å². The molecule has 2 amide bonds. The maximum absolute atomic E-state index is 13.4. The van der Waals surface area contributed by atoms with Crippen molar-refractivity contribution >= 4 is 17.8 Å². The number of rotatable bonds is 7. The Morgan fingerprint density at radius 3 is 2.48 bits per heavy atom. The zero-order valence-corrected chi connectivity index (χ0v) is 15.8. The van der Waals surface area contributed by atoms with Gasteiger partial charge in [0.15, 0.2) is 0 Å². The molecule has 1 fully saturated rings. The van der Waals surface area contributed by atoms with Crippen molar-refractivity contribution in [3.8, 4) is 0 Å². The van der Waals surface area contributed by atoms with Gasteiger partial charge in [-0.05, 0) is 36.5 Å². The van der Waals surface area contributed by atoms with Gasteiger partial charge in [-0.15, -0.1) is 0 Å². The summed E-state index contributed by atoms with van der Waals surface area (Å²) < 4.78 is 18.3. The van der Waals surface area contributed by atoms with Crippen LogP contribution in [0.4, 0.5) is 4.39 Å². The van der Waals surface area contributed by atoms with Crippen molar-refractivity contribution in [2.45, 2.75) is 57.5 Å². The molecule has 0 aromatic heterocycles. The van der Waals surface area contributed by atoms with Crippen LogP contribution < -0.4 is 10.6 Å². The Labute approximate surface area is 158 Å². The van der Waals surface area contributed by atoms with E-state index in [4.69, 9.17) is 4.74 Å².